The summed E-state index contributed by atoms with van der Waals surface area (Å²) >= 11 is 0. The van der Waals surface area contributed by atoms with E-state index in [-0.39, 0.29) is 5.75 Å². The zero-order chi connectivity index (χ0) is 23.5. The van der Waals surface area contributed by atoms with Crippen molar-refractivity contribution in [3.8, 4) is 16.9 Å². The summed E-state index contributed by atoms with van der Waals surface area (Å²) < 4.78 is 86.9. The molecule has 1 heterocycles. The quantitative estimate of drug-likeness (QED) is 0.486. The van der Waals surface area contributed by atoms with Gasteiger partial charge in [-0.05, 0) is 29.8 Å². The van der Waals surface area contributed by atoms with Crippen LogP contribution in [0.25, 0.3) is 11.1 Å². The number of aromatic nitrogens is 1. The van der Waals surface area contributed by atoms with Crippen molar-refractivity contribution >= 4 is 0 Å². The molecule has 10 heteroatoms. The molecule has 0 unspecified atom stereocenters. The van der Waals surface area contributed by atoms with E-state index in [9.17, 15) is 22.7 Å². The number of nitrogens with zero attached hydrogens (tertiary/aromatic N) is 1. The van der Waals surface area contributed by atoms with Crippen LogP contribution in [0.1, 0.15) is 11.3 Å². The third kappa shape index (κ3) is 4.56. The Hall–Kier alpha value is -3.11. The summed E-state index contributed by atoms with van der Waals surface area (Å²) in [5.41, 5.74) is 1.40. The molecule has 0 fully saturated rings. The van der Waals surface area contributed by atoms with E-state index < -0.39 is 54.0 Å². The maximum Gasteiger partial charge on any atom is 0.323 e. The van der Waals surface area contributed by atoms with Crippen molar-refractivity contribution in [2.24, 2.45) is 5.73 Å². The highest BCUT2D eigenvalue weighted by molar-refractivity contribution is 5.63. The molecular weight excluding hydrogens is 438 g/mol. The Labute approximate surface area is 179 Å². The first-order chi connectivity index (χ1) is 15.1. The van der Waals surface area contributed by atoms with Gasteiger partial charge in [0, 0.05) is 29.9 Å². The van der Waals surface area contributed by atoms with Crippen molar-refractivity contribution in [2.45, 2.75) is 17.9 Å². The molecule has 32 heavy (non-hydrogen) atoms. The molecule has 170 valence electrons. The molecule has 0 spiro atoms. The van der Waals surface area contributed by atoms with E-state index in [0.29, 0.717) is 23.3 Å². The number of halogens is 6. The largest absolute Gasteiger partial charge is 0.488 e. The molecule has 1 aromatic heterocycles. The van der Waals surface area contributed by atoms with Gasteiger partial charge in [0.05, 0.1) is 0 Å². The van der Waals surface area contributed by atoms with E-state index in [1.54, 1.807) is 0 Å². The van der Waals surface area contributed by atoms with Gasteiger partial charge in [0.25, 0.3) is 6.43 Å². The van der Waals surface area contributed by atoms with E-state index in [1.807, 2.05) is 0 Å². The fourth-order valence-electron chi connectivity index (χ4n) is 3.10. The van der Waals surface area contributed by atoms with Gasteiger partial charge in [-0.15, -0.1) is 0 Å². The van der Waals surface area contributed by atoms with Crippen molar-refractivity contribution in [3.05, 3.63) is 83.7 Å². The third-order valence-electron chi connectivity index (χ3n) is 4.84. The highest BCUT2D eigenvalue weighted by Crippen LogP contribution is 2.45. The van der Waals surface area contributed by atoms with E-state index >= 15 is 8.78 Å². The number of hydrogen-bond acceptors (Lipinski definition) is 4. The SMILES string of the molecule is NC[C@](O)(c1ccc(F)cc1F)C(F)(F)c1ccc(-c2ccc(OCC(F)F)cc2)cn1. The van der Waals surface area contributed by atoms with Crippen LogP contribution in [0.2, 0.25) is 0 Å². The molecule has 0 aliphatic rings. The van der Waals surface area contributed by atoms with Crippen LogP contribution in [-0.4, -0.2) is 29.7 Å². The smallest absolute Gasteiger partial charge is 0.323 e. The van der Waals surface area contributed by atoms with E-state index in [0.717, 1.165) is 18.3 Å². The van der Waals surface area contributed by atoms with Crippen LogP contribution in [-0.2, 0) is 11.5 Å². The first-order valence-corrected chi connectivity index (χ1v) is 9.32. The van der Waals surface area contributed by atoms with Crippen molar-refractivity contribution < 1.29 is 36.2 Å². The summed E-state index contributed by atoms with van der Waals surface area (Å²) in [6.07, 6.45) is -1.51. The van der Waals surface area contributed by atoms with Crippen LogP contribution in [0.4, 0.5) is 26.3 Å². The number of benzene rings is 2. The molecule has 2 aromatic carbocycles. The number of ether oxygens (including phenoxy) is 1. The highest BCUT2D eigenvalue weighted by Gasteiger charge is 2.56. The molecule has 3 aromatic rings. The normalized spacial score (nSPS) is 13.8. The van der Waals surface area contributed by atoms with Crippen LogP contribution in [0, 0.1) is 11.6 Å². The first kappa shape index (κ1) is 23.6. The van der Waals surface area contributed by atoms with Gasteiger partial charge in [0.1, 0.15) is 29.7 Å². The van der Waals surface area contributed by atoms with E-state index in [2.05, 4.69) is 4.98 Å². The Morgan fingerprint density at radius 1 is 0.969 bits per heavy atom. The minimum Gasteiger partial charge on any atom is -0.488 e. The number of nitrogens with two attached hydrogens (primary N) is 1. The summed E-state index contributed by atoms with van der Waals surface area (Å²) in [4.78, 5) is 3.70. The average Bonchev–Trinajstić information content (AvgIpc) is 2.77. The molecule has 4 nitrogen and oxygen atoms in total. The van der Waals surface area contributed by atoms with Crippen molar-refractivity contribution in [1.82, 2.24) is 4.98 Å². The van der Waals surface area contributed by atoms with E-state index in [4.69, 9.17) is 10.5 Å². The lowest BCUT2D eigenvalue weighted by Crippen LogP contribution is -2.50. The fourth-order valence-corrected chi connectivity index (χ4v) is 3.10. The second-order valence-electron chi connectivity index (χ2n) is 6.92. The lowest BCUT2D eigenvalue weighted by atomic mass is 9.84. The van der Waals surface area contributed by atoms with Gasteiger partial charge in [-0.2, -0.15) is 8.78 Å². The molecule has 0 saturated heterocycles. The van der Waals surface area contributed by atoms with Gasteiger partial charge >= 0.3 is 5.92 Å². The van der Waals surface area contributed by atoms with Crippen molar-refractivity contribution in [3.63, 3.8) is 0 Å². The van der Waals surface area contributed by atoms with Crippen LogP contribution in [0.3, 0.4) is 0 Å². The molecule has 1 atom stereocenters. The molecular formula is C22H18F6N2O2. The Morgan fingerprint density at radius 3 is 2.16 bits per heavy atom. The maximum atomic E-state index is 15.2. The zero-order valence-electron chi connectivity index (χ0n) is 16.4. The predicted octanol–water partition coefficient (Wildman–Crippen LogP) is 4.61. The summed E-state index contributed by atoms with van der Waals surface area (Å²) in [7, 11) is 0. The molecule has 0 amide bonds. The minimum atomic E-state index is -4.12. The molecule has 3 N–H and O–H groups in total. The number of hydrogen-bond donors (Lipinski definition) is 2. The Morgan fingerprint density at radius 2 is 1.62 bits per heavy atom. The second-order valence-corrected chi connectivity index (χ2v) is 6.92. The second kappa shape index (κ2) is 9.17. The lowest BCUT2D eigenvalue weighted by Gasteiger charge is -2.35. The monoisotopic (exact) mass is 456 g/mol. The maximum absolute atomic E-state index is 15.2. The molecule has 0 aliphatic heterocycles. The van der Waals surface area contributed by atoms with Gasteiger partial charge in [0.15, 0.2) is 5.60 Å². The van der Waals surface area contributed by atoms with Gasteiger partial charge < -0.3 is 15.6 Å². The van der Waals surface area contributed by atoms with Crippen LogP contribution in [0.5, 0.6) is 5.75 Å². The molecule has 0 saturated carbocycles. The first-order valence-electron chi connectivity index (χ1n) is 9.32. The van der Waals surface area contributed by atoms with Gasteiger partial charge in [0.2, 0.25) is 0 Å². The molecule has 0 radical (unpaired) electrons. The topological polar surface area (TPSA) is 68.4 Å². The highest BCUT2D eigenvalue weighted by atomic mass is 19.3. The lowest BCUT2D eigenvalue weighted by molar-refractivity contribution is -0.193. The molecule has 3 rings (SSSR count). The Bertz CT molecular complexity index is 1060. The minimum absolute atomic E-state index is 0.208. The summed E-state index contributed by atoms with van der Waals surface area (Å²) in [6, 6.07) is 9.98. The van der Waals surface area contributed by atoms with Crippen LogP contribution in [0.15, 0.2) is 60.8 Å². The summed E-state index contributed by atoms with van der Waals surface area (Å²) in [5, 5.41) is 10.6. The van der Waals surface area contributed by atoms with Crippen molar-refractivity contribution in [2.75, 3.05) is 13.2 Å². The number of rotatable bonds is 8. The van der Waals surface area contributed by atoms with Gasteiger partial charge in [-0.3, -0.25) is 4.98 Å². The Kier molecular flexibility index (Phi) is 6.75. The van der Waals surface area contributed by atoms with E-state index in [1.165, 1.54) is 30.3 Å². The standard InChI is InChI=1S/C22H18F6N2O2/c23-15-4-7-17(18(24)9-15)21(31,12-29)22(27,28)19-8-3-14(10-30-19)13-1-5-16(6-2-13)32-11-20(25)26/h1-10,20,31H,11-12,29H2/t21-/m0/s1. The molecule has 0 bridgehead atoms. The summed E-state index contributed by atoms with van der Waals surface area (Å²) in [6.45, 7) is -1.82. The van der Waals surface area contributed by atoms with Crippen LogP contribution < -0.4 is 10.5 Å². The zero-order valence-corrected chi connectivity index (χ0v) is 16.4. The fraction of sp³-hybridized carbons (Fsp3) is 0.227. The van der Waals surface area contributed by atoms with Gasteiger partial charge in [-0.1, -0.05) is 24.3 Å². The number of aliphatic hydroxyl groups is 1. The van der Waals surface area contributed by atoms with Crippen LogP contribution >= 0.6 is 0 Å². The Balaban J connectivity index is 1.88. The van der Waals surface area contributed by atoms with Crippen molar-refractivity contribution in [1.29, 1.82) is 0 Å². The predicted molar refractivity (Wildman–Crippen MR) is 104 cm³/mol. The summed E-state index contributed by atoms with van der Waals surface area (Å²) in [5.74, 6) is -6.28. The average molecular weight is 456 g/mol. The number of pyridine rings is 1. The third-order valence-corrected chi connectivity index (χ3v) is 4.84. The molecule has 0 aliphatic carbocycles. The number of alkyl halides is 4. The van der Waals surface area contributed by atoms with Gasteiger partial charge in [-0.25, -0.2) is 17.6 Å².